The Morgan fingerprint density at radius 2 is 1.95 bits per heavy atom. The van der Waals surface area contributed by atoms with E-state index in [2.05, 4.69) is 10.5 Å². The SMILES string of the molecule is CCC(CC)(NC(=O)C(OC)c1ccccc1)C(N)=NO. The van der Waals surface area contributed by atoms with Gasteiger partial charge in [0.1, 0.15) is 5.54 Å². The molecule has 21 heavy (non-hydrogen) atoms. The Morgan fingerprint density at radius 1 is 1.38 bits per heavy atom. The molecule has 1 unspecified atom stereocenters. The summed E-state index contributed by atoms with van der Waals surface area (Å²) in [4.78, 5) is 12.5. The molecule has 0 saturated carbocycles. The number of nitrogens with one attached hydrogen (secondary N) is 1. The van der Waals surface area contributed by atoms with E-state index in [0.717, 1.165) is 5.56 Å². The maximum atomic E-state index is 12.5. The van der Waals surface area contributed by atoms with Crippen molar-refractivity contribution in [3.63, 3.8) is 0 Å². The number of carbonyl (C=O) groups is 1. The number of methoxy groups -OCH3 is 1. The van der Waals surface area contributed by atoms with E-state index in [1.807, 2.05) is 44.2 Å². The van der Waals surface area contributed by atoms with Crippen molar-refractivity contribution < 1.29 is 14.7 Å². The van der Waals surface area contributed by atoms with Gasteiger partial charge in [-0.1, -0.05) is 49.3 Å². The van der Waals surface area contributed by atoms with Crippen LogP contribution in [-0.2, 0) is 9.53 Å². The molecule has 6 nitrogen and oxygen atoms in total. The van der Waals surface area contributed by atoms with Gasteiger partial charge in [0.25, 0.3) is 5.91 Å². The molecule has 0 aliphatic heterocycles. The Morgan fingerprint density at radius 3 is 2.38 bits per heavy atom. The van der Waals surface area contributed by atoms with Crippen molar-refractivity contribution in [2.75, 3.05) is 7.11 Å². The quantitative estimate of drug-likeness (QED) is 0.309. The van der Waals surface area contributed by atoms with Gasteiger partial charge in [-0.2, -0.15) is 0 Å². The molecule has 0 spiro atoms. The van der Waals surface area contributed by atoms with Crippen molar-refractivity contribution >= 4 is 11.7 Å². The van der Waals surface area contributed by atoms with Gasteiger partial charge in [-0.3, -0.25) is 4.79 Å². The molecule has 1 aromatic carbocycles. The molecule has 0 aliphatic rings. The van der Waals surface area contributed by atoms with Crippen molar-refractivity contribution in [1.29, 1.82) is 0 Å². The van der Waals surface area contributed by atoms with Crippen LogP contribution in [0.2, 0.25) is 0 Å². The first-order valence-corrected chi connectivity index (χ1v) is 6.92. The summed E-state index contributed by atoms with van der Waals surface area (Å²) in [6.07, 6.45) is 0.280. The molecule has 1 aromatic rings. The third kappa shape index (κ3) is 3.72. The maximum Gasteiger partial charge on any atom is 0.254 e. The third-order valence-electron chi connectivity index (χ3n) is 3.74. The predicted molar refractivity (Wildman–Crippen MR) is 81.1 cm³/mol. The van der Waals surface area contributed by atoms with Crippen LogP contribution in [0.4, 0.5) is 0 Å². The zero-order valence-electron chi connectivity index (χ0n) is 12.7. The molecule has 6 heteroatoms. The van der Waals surface area contributed by atoms with E-state index < -0.39 is 11.6 Å². The van der Waals surface area contributed by atoms with Crippen molar-refractivity contribution in [2.45, 2.75) is 38.3 Å². The van der Waals surface area contributed by atoms with Crippen molar-refractivity contribution in [2.24, 2.45) is 10.9 Å². The van der Waals surface area contributed by atoms with Gasteiger partial charge in [-0.25, -0.2) is 0 Å². The van der Waals surface area contributed by atoms with E-state index in [9.17, 15) is 4.79 Å². The van der Waals surface area contributed by atoms with Gasteiger partial charge in [0, 0.05) is 7.11 Å². The fraction of sp³-hybridized carbons (Fsp3) is 0.467. The first-order valence-electron chi connectivity index (χ1n) is 6.92. The van der Waals surface area contributed by atoms with Crippen molar-refractivity contribution in [1.82, 2.24) is 5.32 Å². The molecular formula is C15H23N3O3. The molecule has 0 radical (unpaired) electrons. The molecule has 1 amide bonds. The standard InChI is InChI=1S/C15H23N3O3/c1-4-15(5-2,14(16)18-20)17-13(19)12(21-3)11-9-7-6-8-10-11/h6-10,12,20H,4-5H2,1-3H3,(H2,16,18)(H,17,19). The number of benzene rings is 1. The minimum atomic E-state index is -0.878. The van der Waals surface area contributed by atoms with Gasteiger partial charge in [-0.05, 0) is 18.4 Å². The second-order valence-corrected chi connectivity index (χ2v) is 4.79. The summed E-state index contributed by atoms with van der Waals surface area (Å²) in [6, 6.07) is 9.18. The summed E-state index contributed by atoms with van der Waals surface area (Å²) in [6.45, 7) is 3.73. The highest BCUT2D eigenvalue weighted by Gasteiger charge is 2.35. The van der Waals surface area contributed by atoms with Crippen LogP contribution in [0, 0.1) is 0 Å². The number of amides is 1. The molecule has 0 aromatic heterocycles. The Balaban J connectivity index is 3.01. The van der Waals surface area contributed by atoms with Gasteiger partial charge in [-0.15, -0.1) is 0 Å². The van der Waals surface area contributed by atoms with Gasteiger partial charge in [0.2, 0.25) is 0 Å². The second kappa shape index (κ2) is 7.64. The van der Waals surface area contributed by atoms with Crippen molar-refractivity contribution in [3.8, 4) is 0 Å². The van der Waals surface area contributed by atoms with Gasteiger partial charge < -0.3 is 21.0 Å². The Kier molecular flexibility index (Phi) is 6.17. The van der Waals surface area contributed by atoms with E-state index in [4.69, 9.17) is 15.7 Å². The molecule has 0 saturated heterocycles. The molecule has 1 rings (SSSR count). The molecule has 1 atom stereocenters. The highest BCUT2D eigenvalue weighted by molar-refractivity contribution is 5.95. The number of nitrogens with two attached hydrogens (primary N) is 1. The highest BCUT2D eigenvalue weighted by atomic mass is 16.5. The molecule has 4 N–H and O–H groups in total. The lowest BCUT2D eigenvalue weighted by molar-refractivity contribution is -0.132. The monoisotopic (exact) mass is 293 g/mol. The van der Waals surface area contributed by atoms with E-state index in [0.29, 0.717) is 12.8 Å². The summed E-state index contributed by atoms with van der Waals surface area (Å²) < 4.78 is 5.29. The summed E-state index contributed by atoms with van der Waals surface area (Å²) in [5, 5.41) is 14.8. The molecule has 0 aliphatic carbocycles. The van der Waals surface area contributed by atoms with Crippen LogP contribution in [-0.4, -0.2) is 29.6 Å². The smallest absolute Gasteiger partial charge is 0.254 e. The van der Waals surface area contributed by atoms with Gasteiger partial charge in [0.05, 0.1) is 0 Å². The Bertz CT molecular complexity index is 484. The topological polar surface area (TPSA) is 96.9 Å². The number of amidine groups is 1. The number of oxime groups is 1. The van der Waals surface area contributed by atoms with E-state index in [1.165, 1.54) is 7.11 Å². The average Bonchev–Trinajstić information content (AvgIpc) is 2.53. The molecular weight excluding hydrogens is 270 g/mol. The van der Waals surface area contributed by atoms with Crippen LogP contribution < -0.4 is 11.1 Å². The zero-order chi connectivity index (χ0) is 15.9. The number of hydrogen-bond acceptors (Lipinski definition) is 4. The maximum absolute atomic E-state index is 12.5. The first kappa shape index (κ1) is 17.0. The van der Waals surface area contributed by atoms with Crippen LogP contribution in [0.5, 0.6) is 0 Å². The summed E-state index contributed by atoms with van der Waals surface area (Å²) in [5.41, 5.74) is 5.62. The average molecular weight is 293 g/mol. The third-order valence-corrected chi connectivity index (χ3v) is 3.74. The van der Waals surface area contributed by atoms with Gasteiger partial charge >= 0.3 is 0 Å². The van der Waals surface area contributed by atoms with Crippen LogP contribution in [0.15, 0.2) is 35.5 Å². The minimum Gasteiger partial charge on any atom is -0.409 e. The van der Waals surface area contributed by atoms with Crippen LogP contribution in [0.1, 0.15) is 38.4 Å². The lowest BCUT2D eigenvalue weighted by Crippen LogP contribution is -2.57. The van der Waals surface area contributed by atoms with E-state index in [1.54, 1.807) is 0 Å². The second-order valence-electron chi connectivity index (χ2n) is 4.79. The number of hydrogen-bond donors (Lipinski definition) is 3. The normalized spacial score (nSPS) is 13.8. The number of nitrogens with zero attached hydrogens (tertiary/aromatic N) is 1. The summed E-state index contributed by atoms with van der Waals surface area (Å²) in [5.74, 6) is -0.331. The van der Waals surface area contributed by atoms with Crippen molar-refractivity contribution in [3.05, 3.63) is 35.9 Å². The number of ether oxygens (including phenoxy) is 1. The zero-order valence-corrected chi connectivity index (χ0v) is 12.7. The minimum absolute atomic E-state index is 0.0104. The Hall–Kier alpha value is -2.08. The lowest BCUT2D eigenvalue weighted by atomic mass is 9.90. The molecule has 0 heterocycles. The van der Waals surface area contributed by atoms with Crippen LogP contribution in [0.25, 0.3) is 0 Å². The Labute approximate surface area is 125 Å². The number of carbonyl (C=O) groups excluding carboxylic acids is 1. The summed E-state index contributed by atoms with van der Waals surface area (Å²) in [7, 11) is 1.47. The van der Waals surface area contributed by atoms with E-state index in [-0.39, 0.29) is 11.7 Å². The number of rotatable bonds is 7. The van der Waals surface area contributed by atoms with Crippen LogP contribution in [0.3, 0.4) is 0 Å². The fourth-order valence-corrected chi connectivity index (χ4v) is 2.27. The molecule has 0 fully saturated rings. The van der Waals surface area contributed by atoms with Gasteiger partial charge in [0.15, 0.2) is 11.9 Å². The summed E-state index contributed by atoms with van der Waals surface area (Å²) >= 11 is 0. The van der Waals surface area contributed by atoms with Crippen LogP contribution >= 0.6 is 0 Å². The predicted octanol–water partition coefficient (Wildman–Crippen LogP) is 1.80. The largest absolute Gasteiger partial charge is 0.409 e. The molecule has 116 valence electrons. The highest BCUT2D eigenvalue weighted by Crippen LogP contribution is 2.21. The lowest BCUT2D eigenvalue weighted by Gasteiger charge is -2.32. The fourth-order valence-electron chi connectivity index (χ4n) is 2.27. The first-order chi connectivity index (χ1) is 10.0. The van der Waals surface area contributed by atoms with E-state index >= 15 is 0 Å². The molecule has 0 bridgehead atoms.